The van der Waals surface area contributed by atoms with Gasteiger partial charge in [-0.2, -0.15) is 0 Å². The van der Waals surface area contributed by atoms with Crippen LogP contribution in [0.2, 0.25) is 0 Å². The van der Waals surface area contributed by atoms with E-state index in [0.717, 1.165) is 58.1 Å². The van der Waals surface area contributed by atoms with Gasteiger partial charge in [0.15, 0.2) is 0 Å². The first-order chi connectivity index (χ1) is 21.5. The molecule has 0 fully saturated rings. The molecule has 5 aromatic rings. The summed E-state index contributed by atoms with van der Waals surface area (Å²) in [5, 5.41) is 7.23. The van der Waals surface area contributed by atoms with Crippen molar-refractivity contribution in [3.05, 3.63) is 120 Å². The van der Waals surface area contributed by atoms with Gasteiger partial charge in [0.2, 0.25) is 5.91 Å². The SMILES string of the molecule is CC(=O)CCCCC[C@H](NC(=O)c1cccc(-c2ccccc2)c1)C(=O)NCCc1c(-c2ccccc2)[nH]c2ccccc12. The normalized spacial score (nSPS) is 11.7. The predicted molar refractivity (Wildman–Crippen MR) is 177 cm³/mol. The van der Waals surface area contributed by atoms with E-state index in [1.807, 2.05) is 78.9 Å². The number of Topliss-reactive ketones (excluding diaryl/α,β-unsaturated/α-hetero) is 1. The number of amides is 2. The summed E-state index contributed by atoms with van der Waals surface area (Å²) in [6, 6.07) is 35.1. The molecule has 1 heterocycles. The maximum Gasteiger partial charge on any atom is 0.251 e. The van der Waals surface area contributed by atoms with Gasteiger partial charge in [-0.1, -0.05) is 104 Å². The molecule has 0 radical (unpaired) electrons. The van der Waals surface area contributed by atoms with Gasteiger partial charge in [-0.3, -0.25) is 9.59 Å². The highest BCUT2D eigenvalue weighted by atomic mass is 16.2. The Hall–Kier alpha value is -4.97. The number of aromatic nitrogens is 1. The van der Waals surface area contributed by atoms with Gasteiger partial charge < -0.3 is 20.4 Å². The van der Waals surface area contributed by atoms with Gasteiger partial charge in [0.1, 0.15) is 11.8 Å². The van der Waals surface area contributed by atoms with E-state index in [4.69, 9.17) is 0 Å². The van der Waals surface area contributed by atoms with Crippen LogP contribution in [0.4, 0.5) is 0 Å². The first kappa shape index (κ1) is 30.5. The number of benzene rings is 4. The largest absolute Gasteiger partial charge is 0.354 e. The van der Waals surface area contributed by atoms with Crippen LogP contribution in [0, 0.1) is 0 Å². The van der Waals surface area contributed by atoms with Crippen molar-refractivity contribution in [1.29, 1.82) is 0 Å². The maximum atomic E-state index is 13.5. The summed E-state index contributed by atoms with van der Waals surface area (Å²) in [6.07, 6.45) is 3.99. The van der Waals surface area contributed by atoms with Crippen LogP contribution >= 0.6 is 0 Å². The summed E-state index contributed by atoms with van der Waals surface area (Å²) in [6.45, 7) is 2.03. The number of carbonyl (C=O) groups is 3. The third-order valence-electron chi connectivity index (χ3n) is 7.93. The lowest BCUT2D eigenvalue weighted by atomic mass is 10.0. The second-order valence-electron chi connectivity index (χ2n) is 11.2. The van der Waals surface area contributed by atoms with Crippen LogP contribution < -0.4 is 10.6 Å². The second kappa shape index (κ2) is 15.0. The summed E-state index contributed by atoms with van der Waals surface area (Å²) in [4.78, 5) is 41.8. The van der Waals surface area contributed by atoms with E-state index in [-0.39, 0.29) is 17.6 Å². The van der Waals surface area contributed by atoms with E-state index >= 15 is 0 Å². The number of unbranched alkanes of at least 4 members (excludes halogenated alkanes) is 2. The molecular formula is C38H39N3O3. The van der Waals surface area contributed by atoms with E-state index in [2.05, 4.69) is 39.9 Å². The van der Waals surface area contributed by atoms with Crippen LogP contribution in [0.25, 0.3) is 33.3 Å². The molecule has 0 spiro atoms. The lowest BCUT2D eigenvalue weighted by Crippen LogP contribution is -2.47. The van der Waals surface area contributed by atoms with Crippen molar-refractivity contribution in [3.8, 4) is 22.4 Å². The summed E-state index contributed by atoms with van der Waals surface area (Å²) >= 11 is 0. The fraction of sp³-hybridized carbons (Fsp3) is 0.237. The van der Waals surface area contributed by atoms with E-state index in [9.17, 15) is 14.4 Å². The Kier molecular flexibility index (Phi) is 10.4. The highest BCUT2D eigenvalue weighted by Gasteiger charge is 2.22. The van der Waals surface area contributed by atoms with Gasteiger partial charge in [-0.05, 0) is 66.6 Å². The zero-order valence-corrected chi connectivity index (χ0v) is 25.1. The highest BCUT2D eigenvalue weighted by Crippen LogP contribution is 2.30. The summed E-state index contributed by atoms with van der Waals surface area (Å²) in [7, 11) is 0. The van der Waals surface area contributed by atoms with Crippen LogP contribution in [0.15, 0.2) is 109 Å². The molecule has 0 aliphatic rings. The number of rotatable bonds is 14. The lowest BCUT2D eigenvalue weighted by molar-refractivity contribution is -0.123. The van der Waals surface area contributed by atoms with Crippen LogP contribution in [0.5, 0.6) is 0 Å². The Morgan fingerprint density at radius 3 is 2.16 bits per heavy atom. The van der Waals surface area contributed by atoms with Crippen molar-refractivity contribution < 1.29 is 14.4 Å². The maximum absolute atomic E-state index is 13.5. The Balaban J connectivity index is 1.28. The first-order valence-corrected chi connectivity index (χ1v) is 15.4. The molecule has 0 aliphatic carbocycles. The van der Waals surface area contributed by atoms with Crippen molar-refractivity contribution in [1.82, 2.24) is 15.6 Å². The number of ketones is 1. The summed E-state index contributed by atoms with van der Waals surface area (Å²) in [5.41, 5.74) is 6.82. The number of hydrogen-bond acceptors (Lipinski definition) is 3. The molecule has 6 nitrogen and oxygen atoms in total. The van der Waals surface area contributed by atoms with Crippen molar-refractivity contribution in [2.75, 3.05) is 6.54 Å². The quantitative estimate of drug-likeness (QED) is 0.118. The molecule has 4 aromatic carbocycles. The monoisotopic (exact) mass is 585 g/mol. The van der Waals surface area contributed by atoms with Crippen molar-refractivity contribution in [3.63, 3.8) is 0 Å². The van der Waals surface area contributed by atoms with Gasteiger partial charge >= 0.3 is 0 Å². The number of aromatic amines is 1. The number of para-hydroxylation sites is 1. The van der Waals surface area contributed by atoms with E-state index in [0.29, 0.717) is 31.4 Å². The van der Waals surface area contributed by atoms with E-state index < -0.39 is 6.04 Å². The molecular weight excluding hydrogens is 546 g/mol. The molecule has 5 rings (SSSR count). The molecule has 2 amide bonds. The zero-order valence-electron chi connectivity index (χ0n) is 25.1. The van der Waals surface area contributed by atoms with Gasteiger partial charge in [0.25, 0.3) is 5.91 Å². The minimum absolute atomic E-state index is 0.165. The number of nitrogens with one attached hydrogen (secondary N) is 3. The minimum atomic E-state index is -0.684. The van der Waals surface area contributed by atoms with Crippen LogP contribution in [0.3, 0.4) is 0 Å². The average molecular weight is 586 g/mol. The molecule has 44 heavy (non-hydrogen) atoms. The standard InChI is InChI=1S/C38H39N3O3/c1-27(42)14-5-2-10-23-35(41-37(43)31-20-13-19-30(26-31)28-15-6-3-7-16-28)38(44)39-25-24-33-32-21-11-12-22-34(32)40-36(33)29-17-8-4-9-18-29/h3-4,6-9,11-13,15-22,26,35,40H,2,5,10,14,23-25H2,1H3,(H,39,44)(H,41,43)/t35-/m0/s1. The fourth-order valence-electron chi connectivity index (χ4n) is 5.63. The molecule has 224 valence electrons. The topological polar surface area (TPSA) is 91.1 Å². The number of hydrogen-bond donors (Lipinski definition) is 3. The molecule has 1 atom stereocenters. The van der Waals surface area contributed by atoms with Gasteiger partial charge in [-0.25, -0.2) is 0 Å². The second-order valence-corrected chi connectivity index (χ2v) is 11.2. The molecule has 6 heteroatoms. The molecule has 0 bridgehead atoms. The molecule has 3 N–H and O–H groups in total. The Morgan fingerprint density at radius 1 is 0.727 bits per heavy atom. The van der Waals surface area contributed by atoms with E-state index in [1.54, 1.807) is 13.0 Å². The highest BCUT2D eigenvalue weighted by molar-refractivity contribution is 5.98. The minimum Gasteiger partial charge on any atom is -0.354 e. The number of carbonyl (C=O) groups excluding carboxylic acids is 3. The molecule has 0 unspecified atom stereocenters. The molecule has 0 saturated carbocycles. The van der Waals surface area contributed by atoms with Crippen LogP contribution in [-0.2, 0) is 16.0 Å². The summed E-state index contributed by atoms with van der Waals surface area (Å²) < 4.78 is 0. The number of fused-ring (bicyclic) bond motifs is 1. The van der Waals surface area contributed by atoms with Crippen molar-refractivity contribution in [2.24, 2.45) is 0 Å². The van der Waals surface area contributed by atoms with Crippen molar-refractivity contribution >= 4 is 28.5 Å². The third kappa shape index (κ3) is 7.90. The average Bonchev–Trinajstić information content (AvgIpc) is 3.43. The van der Waals surface area contributed by atoms with Crippen LogP contribution in [0.1, 0.15) is 54.9 Å². The zero-order chi connectivity index (χ0) is 30.7. The Labute approximate surface area is 258 Å². The predicted octanol–water partition coefficient (Wildman–Crippen LogP) is 7.50. The lowest BCUT2D eigenvalue weighted by Gasteiger charge is -2.19. The van der Waals surface area contributed by atoms with E-state index in [1.165, 1.54) is 0 Å². The Morgan fingerprint density at radius 2 is 1.41 bits per heavy atom. The summed E-state index contributed by atoms with van der Waals surface area (Å²) in [5.74, 6) is -0.321. The molecule has 0 saturated heterocycles. The third-order valence-corrected chi connectivity index (χ3v) is 7.93. The number of H-pyrrole nitrogens is 1. The molecule has 0 aliphatic heterocycles. The van der Waals surface area contributed by atoms with Gasteiger partial charge in [0, 0.05) is 35.1 Å². The van der Waals surface area contributed by atoms with Crippen LogP contribution in [-0.4, -0.2) is 35.2 Å². The first-order valence-electron chi connectivity index (χ1n) is 15.4. The fourth-order valence-corrected chi connectivity index (χ4v) is 5.63. The van der Waals surface area contributed by atoms with Gasteiger partial charge in [-0.15, -0.1) is 0 Å². The van der Waals surface area contributed by atoms with Gasteiger partial charge in [0.05, 0.1) is 0 Å². The Bertz CT molecular complexity index is 1710. The van der Waals surface area contributed by atoms with Crippen molar-refractivity contribution in [2.45, 2.75) is 51.5 Å². The smallest absolute Gasteiger partial charge is 0.251 e. The molecule has 1 aromatic heterocycles.